The SMILES string of the molecule is C.C.C.C.C.C.CC(C)(C)OC(=O)N1CCNCC1.CC(C)(C)OC(=O)NS(=O)(=O)N1CCN(C(=O)OC(C)(C)C)CC1.CN(C)c1cc[n+](S(=O)(=O)N=C([O-])OC(C)(C)C)cc1.C[Si](C)(C)CCOC(=O)N1CCN(S(N)(=O)=O)CC1.C[Si](C)(C)CCOC(=O)ON1C(=O)CCC1=O. The fraction of sp³-hybridized carbons (Fsp3) is 0.787. The number of hydrogen-bond donors (Lipinski definition) is 3. The Morgan fingerprint density at radius 3 is 1.30 bits per heavy atom. The first kappa shape index (κ1) is 104. The van der Waals surface area contributed by atoms with Gasteiger partial charge in [0.1, 0.15) is 16.8 Å². The molecule has 0 bridgehead atoms. The molecule has 0 radical (unpaired) electrons. The van der Waals surface area contributed by atoms with Crippen molar-refractivity contribution in [1.82, 2.24) is 38.4 Å². The van der Waals surface area contributed by atoms with E-state index in [9.17, 15) is 63.9 Å². The topological polar surface area (TPSA) is 399 Å². The van der Waals surface area contributed by atoms with Crippen molar-refractivity contribution >= 4 is 101 Å². The van der Waals surface area contributed by atoms with E-state index in [-0.39, 0.29) is 121 Å². The fourth-order valence-electron chi connectivity index (χ4n) is 7.22. The number of piperazine rings is 3. The zero-order valence-electron chi connectivity index (χ0n) is 57.9. The van der Waals surface area contributed by atoms with Gasteiger partial charge in [0.05, 0.1) is 13.2 Å². The molecule has 33 nitrogen and oxygen atoms in total. The normalized spacial score (nSPS) is 15.6. The maximum Gasteiger partial charge on any atom is 0.533 e. The van der Waals surface area contributed by atoms with E-state index in [0.29, 0.717) is 24.8 Å². The molecule has 584 valence electrons. The van der Waals surface area contributed by atoms with Gasteiger partial charge in [-0.15, -0.1) is 8.42 Å². The number of pyridine rings is 1. The molecule has 99 heavy (non-hydrogen) atoms. The average molecular weight is 1520 g/mol. The molecule has 4 fully saturated rings. The van der Waals surface area contributed by atoms with Gasteiger partial charge in [0.2, 0.25) is 0 Å². The van der Waals surface area contributed by atoms with Crippen LogP contribution < -0.4 is 29.2 Å². The summed E-state index contributed by atoms with van der Waals surface area (Å²) in [6.07, 6.45) is -1.41. The van der Waals surface area contributed by atoms with Crippen molar-refractivity contribution < 1.29 is 101 Å². The van der Waals surface area contributed by atoms with Gasteiger partial charge in [-0.1, -0.05) is 118 Å². The number of nitrogens with one attached hydrogen (secondary N) is 2. The Morgan fingerprint density at radius 2 is 0.939 bits per heavy atom. The summed E-state index contributed by atoms with van der Waals surface area (Å²) in [6, 6.07) is 4.93. The Labute approximate surface area is 596 Å². The van der Waals surface area contributed by atoms with Crippen molar-refractivity contribution in [2.24, 2.45) is 9.54 Å². The van der Waals surface area contributed by atoms with Crippen LogP contribution >= 0.6 is 0 Å². The largest absolute Gasteiger partial charge is 0.594 e. The third-order valence-corrected chi connectivity index (χ3v) is 19.1. The molecule has 5 heterocycles. The summed E-state index contributed by atoms with van der Waals surface area (Å²) in [4.78, 5) is 91.3. The quantitative estimate of drug-likeness (QED) is 0.0328. The van der Waals surface area contributed by atoms with Crippen LogP contribution in [0.1, 0.15) is 140 Å². The average Bonchev–Trinajstić information content (AvgIpc) is 1.28. The minimum atomic E-state index is -4.13. The highest BCUT2D eigenvalue weighted by atomic mass is 32.2. The number of hydrogen-bond acceptors (Lipinski definition) is 23. The first-order valence-electron chi connectivity index (χ1n) is 30.1. The second kappa shape index (κ2) is 44.3. The lowest BCUT2D eigenvalue weighted by atomic mass is 10.2. The molecule has 0 unspecified atom stereocenters. The number of amides is 6. The van der Waals surface area contributed by atoms with Crippen molar-refractivity contribution in [1.29, 1.82) is 0 Å². The molecular formula is C61H128N12O21S3Si2. The predicted octanol–water partition coefficient (Wildman–Crippen LogP) is 7.44. The van der Waals surface area contributed by atoms with Crippen molar-refractivity contribution in [2.75, 3.05) is 111 Å². The van der Waals surface area contributed by atoms with E-state index >= 15 is 0 Å². The zero-order valence-corrected chi connectivity index (χ0v) is 62.4. The fourth-order valence-corrected chi connectivity index (χ4v) is 11.1. The highest BCUT2D eigenvalue weighted by Gasteiger charge is 2.36. The van der Waals surface area contributed by atoms with E-state index < -0.39 is 99.8 Å². The Morgan fingerprint density at radius 1 is 0.576 bits per heavy atom. The van der Waals surface area contributed by atoms with Crippen molar-refractivity contribution in [3.8, 4) is 0 Å². The van der Waals surface area contributed by atoms with Gasteiger partial charge < -0.3 is 58.4 Å². The number of anilines is 1. The van der Waals surface area contributed by atoms with E-state index in [2.05, 4.69) is 53.8 Å². The molecule has 0 aliphatic carbocycles. The summed E-state index contributed by atoms with van der Waals surface area (Å²) in [5, 5.41) is 20.1. The summed E-state index contributed by atoms with van der Waals surface area (Å²) in [6.45, 7) is 39.3. The molecule has 0 aromatic carbocycles. The number of imide groups is 1. The molecule has 5 rings (SSSR count). The Bertz CT molecular complexity index is 2980. The van der Waals surface area contributed by atoms with Gasteiger partial charge in [0.25, 0.3) is 22.0 Å². The molecule has 4 N–H and O–H groups in total. The van der Waals surface area contributed by atoms with E-state index in [1.807, 2.05) is 44.5 Å². The number of nitrogens with two attached hydrogens (primary N) is 1. The van der Waals surface area contributed by atoms with Gasteiger partial charge in [0, 0.05) is 145 Å². The van der Waals surface area contributed by atoms with Crippen LogP contribution in [0.2, 0.25) is 51.4 Å². The second-order valence-electron chi connectivity index (χ2n) is 28.0. The van der Waals surface area contributed by atoms with Gasteiger partial charge in [-0.05, 0) is 74.4 Å². The minimum Gasteiger partial charge on any atom is -0.594 e. The van der Waals surface area contributed by atoms with Crippen LogP contribution in [0, 0.1) is 0 Å². The van der Waals surface area contributed by atoms with Crippen LogP contribution in [0.15, 0.2) is 28.9 Å². The van der Waals surface area contributed by atoms with Gasteiger partial charge in [-0.25, -0.2) is 33.8 Å². The number of ether oxygens (including phenoxy) is 6. The third kappa shape index (κ3) is 46.1. The lowest BCUT2D eigenvalue weighted by Crippen LogP contribution is -2.55. The summed E-state index contributed by atoms with van der Waals surface area (Å²) >= 11 is 0. The molecule has 4 saturated heterocycles. The smallest absolute Gasteiger partial charge is 0.533 e. The predicted molar refractivity (Wildman–Crippen MR) is 390 cm³/mol. The molecule has 4 aliphatic heterocycles. The van der Waals surface area contributed by atoms with Gasteiger partial charge in [-0.3, -0.25) is 14.4 Å². The number of aromatic nitrogens is 1. The minimum absolute atomic E-state index is 0. The number of nitrogens with zero attached hydrogens (tertiary/aromatic N) is 9. The van der Waals surface area contributed by atoms with Crippen LogP contribution in [-0.4, -0.2) is 246 Å². The summed E-state index contributed by atoms with van der Waals surface area (Å²) in [5.74, 6) is -1.01. The maximum absolute atomic E-state index is 12.2. The first-order chi connectivity index (χ1) is 42.1. The van der Waals surface area contributed by atoms with Gasteiger partial charge >= 0.3 is 50.9 Å². The second-order valence-corrected chi connectivity index (χ2v) is 43.9. The van der Waals surface area contributed by atoms with Gasteiger partial charge in [-0.2, -0.15) is 25.4 Å². The first-order valence-corrected chi connectivity index (χ1v) is 41.8. The highest BCUT2D eigenvalue weighted by molar-refractivity contribution is 7.87. The Kier molecular flexibility index (Phi) is 46.4. The monoisotopic (exact) mass is 1520 g/mol. The maximum atomic E-state index is 12.2. The number of hydroxylamine groups is 2. The van der Waals surface area contributed by atoms with Crippen LogP contribution in [0.5, 0.6) is 0 Å². The number of rotatable bonds is 13. The van der Waals surface area contributed by atoms with Crippen LogP contribution in [0.4, 0.5) is 29.7 Å². The molecule has 0 saturated carbocycles. The molecule has 0 spiro atoms. The van der Waals surface area contributed by atoms with E-state index in [1.54, 1.807) is 79.3 Å². The van der Waals surface area contributed by atoms with E-state index in [1.165, 1.54) is 26.5 Å². The molecule has 1 aromatic rings. The van der Waals surface area contributed by atoms with Crippen molar-refractivity contribution in [3.05, 3.63) is 24.5 Å². The number of carbonyl (C=O) groups is 7. The number of carbonyl (C=O) groups excluding carboxylic acids is 7. The Balaban J connectivity index is -0.000000272. The lowest BCUT2D eigenvalue weighted by molar-refractivity contribution is -0.511. The van der Waals surface area contributed by atoms with E-state index in [0.717, 1.165) is 52.2 Å². The molecule has 1 aromatic heterocycles. The molecule has 0 atom stereocenters. The van der Waals surface area contributed by atoms with Crippen LogP contribution in [0.3, 0.4) is 0 Å². The zero-order chi connectivity index (χ0) is 71.9. The molecule has 6 amide bonds. The highest BCUT2D eigenvalue weighted by Crippen LogP contribution is 2.18. The molecular weight excluding hydrogens is 1390 g/mol. The van der Waals surface area contributed by atoms with Crippen LogP contribution in [0.25, 0.3) is 0 Å². The van der Waals surface area contributed by atoms with Crippen molar-refractivity contribution in [3.63, 3.8) is 0 Å². The van der Waals surface area contributed by atoms with E-state index in [4.69, 9.17) is 33.6 Å². The third-order valence-electron chi connectivity index (χ3n) is 11.9. The summed E-state index contributed by atoms with van der Waals surface area (Å²) in [5.41, 5.74) is -1.76. The van der Waals surface area contributed by atoms with Gasteiger partial charge in [0.15, 0.2) is 18.5 Å². The summed E-state index contributed by atoms with van der Waals surface area (Å²) < 4.78 is 109. The standard InChI is InChI=1S/C14H27N3O6S.C12H19N3O4S.C10H23N3O4SSi.C10H17NO5Si.C9H18N2O2.6CH4/c1-13(2,3)22-11(18)15-24(20,21)17-9-7-16(8-10-17)12(19)23-14(4,5)6;1-12(2,3)19-11(16)13-20(17,18)15-8-6-10(7-9-15)14(4)5;1-19(2,3)9-8-17-10(14)12-4-6-13(7-5-12)18(11,15)16;1-17(2,3)7-6-15-10(14)16-11-8(12)4-5-9(11)13;1-9(2,3)13-8(12)11-6-4-10-5-7-11;;;;;;/h7-10H2,1-6H3,(H,15,18);6-9H,1-5H3;4-9H2,1-3H3,(H2,11,15,16);4-7H2,1-3H3;10H,4-7H2,1-3H3;6*1H4. The lowest BCUT2D eigenvalue weighted by Gasteiger charge is -2.34. The molecule has 4 aliphatic rings. The Hall–Kier alpha value is -6.17. The summed E-state index contributed by atoms with van der Waals surface area (Å²) in [7, 11) is -10.6. The van der Waals surface area contributed by atoms with Crippen molar-refractivity contribution in [2.45, 2.75) is 214 Å². The molecule has 38 heteroatoms. The van der Waals surface area contributed by atoms with Crippen LogP contribution in [-0.2, 0) is 73.5 Å².